The molecule has 0 aliphatic rings. The highest BCUT2D eigenvalue weighted by atomic mass is 15.3. The van der Waals surface area contributed by atoms with Crippen molar-refractivity contribution in [3.8, 4) is 0 Å². The van der Waals surface area contributed by atoms with Gasteiger partial charge in [0.15, 0.2) is 0 Å². The van der Waals surface area contributed by atoms with Gasteiger partial charge in [-0.25, -0.2) is 0 Å². The van der Waals surface area contributed by atoms with E-state index in [0.29, 0.717) is 0 Å². The van der Waals surface area contributed by atoms with E-state index in [1.165, 1.54) is 0 Å². The van der Waals surface area contributed by atoms with Gasteiger partial charge in [-0.05, 0) is 31.9 Å². The van der Waals surface area contributed by atoms with E-state index in [2.05, 4.69) is 22.2 Å². The molecule has 0 aromatic carbocycles. The second-order valence-corrected chi connectivity index (χ2v) is 4.54. The second kappa shape index (κ2) is 5.27. The third-order valence-corrected chi connectivity index (χ3v) is 2.94. The Morgan fingerprint density at radius 2 is 2.11 bits per heavy atom. The predicted molar refractivity (Wildman–Crippen MR) is 70.1 cm³/mol. The highest BCUT2D eigenvalue weighted by molar-refractivity contribution is 5.31. The SMILES string of the molecule is CCCn1cc(C(N)c2cc(C)nnc2C)cn1. The molecule has 2 heterocycles. The zero-order valence-electron chi connectivity index (χ0n) is 11.1. The molecule has 2 rings (SSSR count). The lowest BCUT2D eigenvalue weighted by molar-refractivity contribution is 0.601. The molecule has 0 spiro atoms. The van der Waals surface area contributed by atoms with Gasteiger partial charge in [-0.2, -0.15) is 15.3 Å². The van der Waals surface area contributed by atoms with E-state index >= 15 is 0 Å². The molecule has 2 aromatic rings. The van der Waals surface area contributed by atoms with Crippen LogP contribution in [0.5, 0.6) is 0 Å². The lowest BCUT2D eigenvalue weighted by Gasteiger charge is -2.12. The third kappa shape index (κ3) is 2.56. The Morgan fingerprint density at radius 3 is 2.83 bits per heavy atom. The summed E-state index contributed by atoms with van der Waals surface area (Å²) in [5.74, 6) is 0. The molecule has 18 heavy (non-hydrogen) atoms. The maximum atomic E-state index is 6.27. The largest absolute Gasteiger partial charge is 0.320 e. The molecule has 5 nitrogen and oxygen atoms in total. The Balaban J connectivity index is 2.29. The molecule has 0 radical (unpaired) electrons. The van der Waals surface area contributed by atoms with Crippen LogP contribution >= 0.6 is 0 Å². The van der Waals surface area contributed by atoms with Gasteiger partial charge in [0.2, 0.25) is 0 Å². The Bertz CT molecular complexity index is 532. The van der Waals surface area contributed by atoms with Crippen molar-refractivity contribution >= 4 is 0 Å². The van der Waals surface area contributed by atoms with Gasteiger partial charge < -0.3 is 5.73 Å². The van der Waals surface area contributed by atoms with Crippen molar-refractivity contribution in [1.82, 2.24) is 20.0 Å². The van der Waals surface area contributed by atoms with Crippen LogP contribution in [0.2, 0.25) is 0 Å². The normalized spacial score (nSPS) is 12.7. The van der Waals surface area contributed by atoms with Crippen molar-refractivity contribution in [3.05, 3.63) is 41.0 Å². The summed E-state index contributed by atoms with van der Waals surface area (Å²) < 4.78 is 1.92. The lowest BCUT2D eigenvalue weighted by atomic mass is 10.0. The minimum atomic E-state index is -0.190. The van der Waals surface area contributed by atoms with Crippen molar-refractivity contribution in [2.24, 2.45) is 5.73 Å². The summed E-state index contributed by atoms with van der Waals surface area (Å²) in [6.07, 6.45) is 4.89. The number of hydrogen-bond acceptors (Lipinski definition) is 4. The molecule has 0 fully saturated rings. The summed E-state index contributed by atoms with van der Waals surface area (Å²) in [7, 11) is 0. The Labute approximate surface area is 107 Å². The predicted octanol–water partition coefficient (Wildman–Crippen LogP) is 1.75. The number of hydrogen-bond donors (Lipinski definition) is 1. The summed E-state index contributed by atoms with van der Waals surface area (Å²) in [5.41, 5.74) is 10.1. The molecule has 0 aliphatic heterocycles. The molecule has 0 saturated carbocycles. The number of rotatable bonds is 4. The molecule has 0 aliphatic carbocycles. The first-order valence-corrected chi connectivity index (χ1v) is 6.20. The van der Waals surface area contributed by atoms with Crippen LogP contribution in [0.25, 0.3) is 0 Å². The van der Waals surface area contributed by atoms with Gasteiger partial charge in [-0.1, -0.05) is 6.92 Å². The molecule has 96 valence electrons. The van der Waals surface area contributed by atoms with E-state index in [1.807, 2.05) is 37.0 Å². The van der Waals surface area contributed by atoms with Gasteiger partial charge in [-0.3, -0.25) is 4.68 Å². The second-order valence-electron chi connectivity index (χ2n) is 4.54. The topological polar surface area (TPSA) is 69.6 Å². The van der Waals surface area contributed by atoms with Gasteiger partial charge in [0.05, 0.1) is 23.6 Å². The summed E-state index contributed by atoms with van der Waals surface area (Å²) >= 11 is 0. The molecule has 2 N–H and O–H groups in total. The van der Waals surface area contributed by atoms with E-state index in [4.69, 9.17) is 5.73 Å². The molecule has 1 atom stereocenters. The van der Waals surface area contributed by atoms with Crippen LogP contribution in [0.15, 0.2) is 18.5 Å². The minimum Gasteiger partial charge on any atom is -0.320 e. The average Bonchev–Trinajstić information content (AvgIpc) is 2.80. The van der Waals surface area contributed by atoms with Crippen LogP contribution in [0.3, 0.4) is 0 Å². The number of nitrogens with two attached hydrogens (primary N) is 1. The maximum Gasteiger partial charge on any atom is 0.0651 e. The first kappa shape index (κ1) is 12.7. The zero-order valence-corrected chi connectivity index (χ0v) is 11.1. The van der Waals surface area contributed by atoms with E-state index < -0.39 is 0 Å². The van der Waals surface area contributed by atoms with Crippen LogP contribution in [0.4, 0.5) is 0 Å². The maximum absolute atomic E-state index is 6.27. The van der Waals surface area contributed by atoms with Gasteiger partial charge in [0.1, 0.15) is 0 Å². The molecular weight excluding hydrogens is 226 g/mol. The van der Waals surface area contributed by atoms with Gasteiger partial charge in [0.25, 0.3) is 0 Å². The van der Waals surface area contributed by atoms with Crippen LogP contribution in [0.1, 0.15) is 41.9 Å². The summed E-state index contributed by atoms with van der Waals surface area (Å²) in [6.45, 7) is 6.89. The standard InChI is InChI=1S/C13H19N5/c1-4-5-18-8-11(7-15-18)13(14)12-6-9(2)16-17-10(12)3/h6-8,13H,4-5,14H2,1-3H3. The zero-order chi connectivity index (χ0) is 13.1. The van der Waals surface area contributed by atoms with E-state index in [-0.39, 0.29) is 6.04 Å². The molecular formula is C13H19N5. The van der Waals surface area contributed by atoms with E-state index in [1.54, 1.807) is 0 Å². The van der Waals surface area contributed by atoms with Crippen molar-refractivity contribution in [1.29, 1.82) is 0 Å². The summed E-state index contributed by atoms with van der Waals surface area (Å²) in [5, 5.41) is 12.4. The highest BCUT2D eigenvalue weighted by Crippen LogP contribution is 2.21. The van der Waals surface area contributed by atoms with Crippen LogP contribution < -0.4 is 5.73 Å². The number of aryl methyl sites for hydroxylation is 3. The fraction of sp³-hybridized carbons (Fsp3) is 0.462. The molecule has 1 unspecified atom stereocenters. The molecule has 0 bridgehead atoms. The Morgan fingerprint density at radius 1 is 1.33 bits per heavy atom. The third-order valence-electron chi connectivity index (χ3n) is 2.94. The quantitative estimate of drug-likeness (QED) is 0.891. The number of nitrogens with zero attached hydrogens (tertiary/aromatic N) is 4. The monoisotopic (exact) mass is 245 g/mol. The lowest BCUT2D eigenvalue weighted by Crippen LogP contribution is -2.14. The van der Waals surface area contributed by atoms with Gasteiger partial charge in [-0.15, -0.1) is 0 Å². The first-order valence-electron chi connectivity index (χ1n) is 6.20. The number of aromatic nitrogens is 4. The molecule has 0 amide bonds. The van der Waals surface area contributed by atoms with Crippen LogP contribution in [-0.4, -0.2) is 20.0 Å². The van der Waals surface area contributed by atoms with Crippen molar-refractivity contribution in [3.63, 3.8) is 0 Å². The van der Waals surface area contributed by atoms with Crippen LogP contribution in [0, 0.1) is 13.8 Å². The molecule has 2 aromatic heterocycles. The van der Waals surface area contributed by atoms with E-state index in [9.17, 15) is 0 Å². The summed E-state index contributed by atoms with van der Waals surface area (Å²) in [6, 6.07) is 1.80. The van der Waals surface area contributed by atoms with Crippen molar-refractivity contribution in [2.45, 2.75) is 39.8 Å². The Hall–Kier alpha value is -1.75. The van der Waals surface area contributed by atoms with Crippen molar-refractivity contribution < 1.29 is 0 Å². The molecule has 5 heteroatoms. The van der Waals surface area contributed by atoms with Gasteiger partial charge >= 0.3 is 0 Å². The van der Waals surface area contributed by atoms with Crippen LogP contribution in [-0.2, 0) is 6.54 Å². The Kier molecular flexibility index (Phi) is 3.72. The first-order chi connectivity index (χ1) is 8.61. The summed E-state index contributed by atoms with van der Waals surface area (Å²) in [4.78, 5) is 0. The van der Waals surface area contributed by atoms with Crippen molar-refractivity contribution in [2.75, 3.05) is 0 Å². The fourth-order valence-corrected chi connectivity index (χ4v) is 1.96. The van der Waals surface area contributed by atoms with E-state index in [0.717, 1.165) is 35.5 Å². The fourth-order valence-electron chi connectivity index (χ4n) is 1.96. The smallest absolute Gasteiger partial charge is 0.0651 e. The highest BCUT2D eigenvalue weighted by Gasteiger charge is 2.14. The van der Waals surface area contributed by atoms with Gasteiger partial charge in [0, 0.05) is 18.3 Å². The average molecular weight is 245 g/mol. The minimum absolute atomic E-state index is 0.190. The molecule has 0 saturated heterocycles.